The number of carbonyl (C=O) groups excluding carboxylic acids is 1. The Morgan fingerprint density at radius 2 is 1.74 bits per heavy atom. The summed E-state index contributed by atoms with van der Waals surface area (Å²) >= 11 is 0. The second-order valence-corrected chi connectivity index (χ2v) is 7.83. The number of carbonyl (C=O) groups is 1. The zero-order chi connectivity index (χ0) is 22.1. The maximum Gasteiger partial charge on any atom is 0.259 e. The summed E-state index contributed by atoms with van der Waals surface area (Å²) < 4.78 is 28.1. The molecule has 0 N–H and O–H groups in total. The summed E-state index contributed by atoms with van der Waals surface area (Å²) in [4.78, 5) is 20.9. The van der Waals surface area contributed by atoms with Crippen molar-refractivity contribution in [1.29, 1.82) is 5.26 Å². The summed E-state index contributed by atoms with van der Waals surface area (Å²) in [7, 11) is 0. The highest BCUT2D eigenvalue weighted by Gasteiger charge is 2.26. The van der Waals surface area contributed by atoms with Crippen LogP contribution in [0.2, 0.25) is 0 Å². The summed E-state index contributed by atoms with van der Waals surface area (Å²) in [5.41, 5.74) is 3.01. The third kappa shape index (κ3) is 3.93. The van der Waals surface area contributed by atoms with Crippen molar-refractivity contribution in [2.75, 3.05) is 31.1 Å². The van der Waals surface area contributed by atoms with Gasteiger partial charge in [0.2, 0.25) is 0 Å². The van der Waals surface area contributed by atoms with Gasteiger partial charge in [0.25, 0.3) is 5.91 Å². The Balaban J connectivity index is 1.61. The maximum atomic E-state index is 14.1. The number of hydrogen-bond acceptors (Lipinski definition) is 4. The predicted octanol–water partition coefficient (Wildman–Crippen LogP) is 4.35. The number of aryl methyl sites for hydroxylation is 2. The summed E-state index contributed by atoms with van der Waals surface area (Å²) in [6.07, 6.45) is 0.597. The summed E-state index contributed by atoms with van der Waals surface area (Å²) in [5, 5.41) is 10.6. The molecule has 1 aliphatic heterocycles. The van der Waals surface area contributed by atoms with Gasteiger partial charge in [-0.05, 0) is 61.7 Å². The minimum Gasteiger partial charge on any atom is -0.354 e. The van der Waals surface area contributed by atoms with Gasteiger partial charge in [-0.2, -0.15) is 5.26 Å². The van der Waals surface area contributed by atoms with Crippen LogP contribution in [0, 0.1) is 36.8 Å². The van der Waals surface area contributed by atoms with Crippen molar-refractivity contribution in [1.82, 2.24) is 9.88 Å². The molecular weight excluding hydrogens is 398 g/mol. The highest BCUT2D eigenvalue weighted by molar-refractivity contribution is 5.95. The SMILES string of the molecule is Cc1cc2cc(C#N)c(N3CCCN(C(=O)c4c(F)cccc4F)CC3)nc2cc1C. The van der Waals surface area contributed by atoms with E-state index in [0.717, 1.165) is 34.2 Å². The minimum atomic E-state index is -0.861. The van der Waals surface area contributed by atoms with Gasteiger partial charge in [0, 0.05) is 31.6 Å². The minimum absolute atomic E-state index is 0.282. The first-order valence-electron chi connectivity index (χ1n) is 10.2. The number of rotatable bonds is 2. The Bertz CT molecular complexity index is 1200. The van der Waals surface area contributed by atoms with Crippen LogP contribution in [0.4, 0.5) is 14.6 Å². The number of aromatic nitrogens is 1. The van der Waals surface area contributed by atoms with E-state index in [1.807, 2.05) is 36.9 Å². The lowest BCUT2D eigenvalue weighted by atomic mass is 10.0. The van der Waals surface area contributed by atoms with Crippen LogP contribution >= 0.6 is 0 Å². The summed E-state index contributed by atoms with van der Waals surface area (Å²) in [5.74, 6) is -1.81. The van der Waals surface area contributed by atoms with Crippen LogP contribution in [0.3, 0.4) is 0 Å². The molecular formula is C24H22F2N4O. The number of fused-ring (bicyclic) bond motifs is 1. The molecule has 1 amide bonds. The van der Waals surface area contributed by atoms with Gasteiger partial charge in [-0.25, -0.2) is 13.8 Å². The highest BCUT2D eigenvalue weighted by Crippen LogP contribution is 2.26. The molecule has 7 heteroatoms. The van der Waals surface area contributed by atoms with E-state index in [1.54, 1.807) is 0 Å². The van der Waals surface area contributed by atoms with E-state index in [1.165, 1.54) is 11.0 Å². The van der Waals surface area contributed by atoms with E-state index < -0.39 is 23.1 Å². The molecule has 4 rings (SSSR count). The molecule has 0 atom stereocenters. The predicted molar refractivity (Wildman–Crippen MR) is 115 cm³/mol. The van der Waals surface area contributed by atoms with Gasteiger partial charge >= 0.3 is 0 Å². The fraction of sp³-hybridized carbons (Fsp3) is 0.292. The first-order chi connectivity index (χ1) is 14.9. The molecule has 0 aliphatic carbocycles. The van der Waals surface area contributed by atoms with Crippen molar-refractivity contribution in [3.05, 3.63) is 70.3 Å². The van der Waals surface area contributed by atoms with Crippen LogP contribution in [0.15, 0.2) is 36.4 Å². The van der Waals surface area contributed by atoms with Crippen molar-refractivity contribution < 1.29 is 13.6 Å². The monoisotopic (exact) mass is 420 g/mol. The number of nitrogens with zero attached hydrogens (tertiary/aromatic N) is 4. The molecule has 0 radical (unpaired) electrons. The number of hydrogen-bond donors (Lipinski definition) is 0. The Hall–Kier alpha value is -3.53. The molecule has 2 aromatic carbocycles. The van der Waals surface area contributed by atoms with Crippen LogP contribution in [0.5, 0.6) is 0 Å². The van der Waals surface area contributed by atoms with Gasteiger partial charge in [0.1, 0.15) is 29.1 Å². The van der Waals surface area contributed by atoms with Gasteiger partial charge in [0.05, 0.1) is 11.1 Å². The number of anilines is 1. The molecule has 31 heavy (non-hydrogen) atoms. The lowest BCUT2D eigenvalue weighted by Crippen LogP contribution is -2.36. The third-order valence-electron chi connectivity index (χ3n) is 5.79. The average molecular weight is 420 g/mol. The van der Waals surface area contributed by atoms with Gasteiger partial charge < -0.3 is 9.80 Å². The van der Waals surface area contributed by atoms with Gasteiger partial charge in [-0.1, -0.05) is 6.07 Å². The van der Waals surface area contributed by atoms with E-state index in [9.17, 15) is 18.8 Å². The number of nitriles is 1. The van der Waals surface area contributed by atoms with Crippen LogP contribution in [0.25, 0.3) is 10.9 Å². The third-order valence-corrected chi connectivity index (χ3v) is 5.79. The van der Waals surface area contributed by atoms with E-state index in [4.69, 9.17) is 4.98 Å². The Morgan fingerprint density at radius 3 is 2.45 bits per heavy atom. The summed E-state index contributed by atoms with van der Waals surface area (Å²) in [6, 6.07) is 11.5. The molecule has 1 fully saturated rings. The van der Waals surface area contributed by atoms with Gasteiger partial charge in [-0.15, -0.1) is 0 Å². The van der Waals surface area contributed by atoms with Crippen LogP contribution < -0.4 is 4.90 Å². The van der Waals surface area contributed by atoms with Crippen molar-refractivity contribution in [2.45, 2.75) is 20.3 Å². The average Bonchev–Trinajstić information content (AvgIpc) is 3.00. The largest absolute Gasteiger partial charge is 0.354 e. The van der Waals surface area contributed by atoms with E-state index >= 15 is 0 Å². The Morgan fingerprint density at radius 1 is 1.03 bits per heavy atom. The second kappa shape index (κ2) is 8.31. The van der Waals surface area contributed by atoms with Crippen molar-refractivity contribution in [3.63, 3.8) is 0 Å². The molecule has 158 valence electrons. The molecule has 3 aromatic rings. The van der Waals surface area contributed by atoms with Crippen LogP contribution in [0.1, 0.15) is 33.5 Å². The van der Waals surface area contributed by atoms with Crippen LogP contribution in [-0.2, 0) is 0 Å². The number of benzene rings is 2. The lowest BCUT2D eigenvalue weighted by Gasteiger charge is -2.24. The molecule has 0 spiro atoms. The van der Waals surface area contributed by atoms with Crippen molar-refractivity contribution in [3.8, 4) is 6.07 Å². The molecule has 5 nitrogen and oxygen atoms in total. The maximum absolute atomic E-state index is 14.1. The molecule has 0 bridgehead atoms. The fourth-order valence-corrected chi connectivity index (χ4v) is 3.95. The lowest BCUT2D eigenvalue weighted by molar-refractivity contribution is 0.0757. The van der Waals surface area contributed by atoms with Crippen LogP contribution in [-0.4, -0.2) is 42.0 Å². The molecule has 1 aliphatic rings. The van der Waals surface area contributed by atoms with Crippen molar-refractivity contribution >= 4 is 22.6 Å². The molecule has 1 aromatic heterocycles. The first-order valence-corrected chi connectivity index (χ1v) is 10.2. The molecule has 2 heterocycles. The standard InChI is InChI=1S/C24H22F2N4O/c1-15-11-17-13-18(14-27)23(28-21(17)12-16(15)2)29-7-4-8-30(10-9-29)24(31)22-19(25)5-3-6-20(22)26/h3,5-6,11-13H,4,7-10H2,1-2H3. The fourth-order valence-electron chi connectivity index (χ4n) is 3.95. The van der Waals surface area contributed by atoms with E-state index in [2.05, 4.69) is 6.07 Å². The normalized spacial score (nSPS) is 14.4. The Labute approximate surface area is 179 Å². The second-order valence-electron chi connectivity index (χ2n) is 7.83. The van der Waals surface area contributed by atoms with Gasteiger partial charge in [0.15, 0.2) is 0 Å². The smallest absolute Gasteiger partial charge is 0.259 e. The number of halogens is 2. The summed E-state index contributed by atoms with van der Waals surface area (Å²) in [6.45, 7) is 5.70. The molecule has 1 saturated heterocycles. The molecule has 0 saturated carbocycles. The Kier molecular flexibility index (Phi) is 5.55. The zero-order valence-electron chi connectivity index (χ0n) is 17.5. The van der Waals surface area contributed by atoms with Gasteiger partial charge in [-0.3, -0.25) is 4.79 Å². The van der Waals surface area contributed by atoms with Crippen molar-refractivity contribution in [2.24, 2.45) is 0 Å². The van der Waals surface area contributed by atoms with E-state index in [-0.39, 0.29) is 6.54 Å². The van der Waals surface area contributed by atoms with E-state index in [0.29, 0.717) is 37.4 Å². The first kappa shape index (κ1) is 20.7. The number of amides is 1. The molecule has 0 unspecified atom stereocenters. The topological polar surface area (TPSA) is 60.2 Å². The number of pyridine rings is 1. The zero-order valence-corrected chi connectivity index (χ0v) is 17.5. The quantitative estimate of drug-likeness (QED) is 0.618. The highest BCUT2D eigenvalue weighted by atomic mass is 19.1.